The number of benzene rings is 2. The minimum Gasteiger partial charge on any atom is -0.467 e. The maximum Gasteiger partial charge on any atom is 0.339 e. The molecule has 160 valence electrons. The summed E-state index contributed by atoms with van der Waals surface area (Å²) < 4.78 is 13.4. The summed E-state index contributed by atoms with van der Waals surface area (Å²) in [6.45, 7) is 9.69. The van der Waals surface area contributed by atoms with Gasteiger partial charge in [-0.3, -0.25) is 0 Å². The molecule has 0 aliphatic carbocycles. The average molecular weight is 429 g/mol. The molecule has 1 heterocycles. The first-order valence-electron chi connectivity index (χ1n) is 9.85. The molecule has 2 N–H and O–H groups in total. The maximum atomic E-state index is 12.9. The van der Waals surface area contributed by atoms with Crippen LogP contribution in [0.5, 0.6) is 0 Å². The molecule has 0 radical (unpaired) electrons. The summed E-state index contributed by atoms with van der Waals surface area (Å²) in [6, 6.07) is 9.66. The molecule has 1 aromatic heterocycles. The van der Waals surface area contributed by atoms with Crippen LogP contribution in [0.1, 0.15) is 43.7 Å². The normalized spacial score (nSPS) is 12.9. The van der Waals surface area contributed by atoms with E-state index in [9.17, 15) is 4.79 Å². The van der Waals surface area contributed by atoms with E-state index in [1.165, 1.54) is 7.11 Å². The number of nitrogens with zero attached hydrogens (tertiary/aromatic N) is 1. The summed E-state index contributed by atoms with van der Waals surface area (Å²) in [7, 11) is 3.36. The second-order valence-corrected chi connectivity index (χ2v) is 9.01. The Labute approximate surface area is 182 Å². The van der Waals surface area contributed by atoms with E-state index in [4.69, 9.17) is 26.8 Å². The highest BCUT2D eigenvalue weighted by Gasteiger charge is 2.34. The molecule has 0 saturated carbocycles. The number of hydrogen-bond donors (Lipinski definition) is 1. The molecule has 0 aliphatic rings. The molecule has 0 saturated heterocycles. The number of halogens is 1. The summed E-state index contributed by atoms with van der Waals surface area (Å²) in [5.74, 6) is -0.463. The molecule has 0 spiro atoms. The van der Waals surface area contributed by atoms with Gasteiger partial charge >= 0.3 is 5.97 Å². The summed E-state index contributed by atoms with van der Waals surface area (Å²) in [6.07, 6.45) is -0.923. The first-order chi connectivity index (χ1) is 14.0. The Balaban J connectivity index is 2.48. The van der Waals surface area contributed by atoms with Gasteiger partial charge in [-0.05, 0) is 69.5 Å². The minimum absolute atomic E-state index is 0.463. The lowest BCUT2D eigenvalue weighted by Crippen LogP contribution is -2.29. The van der Waals surface area contributed by atoms with E-state index in [1.54, 1.807) is 0 Å². The zero-order chi connectivity index (χ0) is 22.4. The number of carbonyl (C=O) groups is 1. The fourth-order valence-electron chi connectivity index (χ4n) is 3.84. The predicted octanol–water partition coefficient (Wildman–Crippen LogP) is 5.73. The molecule has 5 nitrogen and oxygen atoms in total. The Hall–Kier alpha value is -2.50. The van der Waals surface area contributed by atoms with Crippen LogP contribution >= 0.6 is 11.6 Å². The van der Waals surface area contributed by atoms with Crippen molar-refractivity contribution in [1.29, 1.82) is 0 Å². The van der Waals surface area contributed by atoms with Crippen LogP contribution in [0.3, 0.4) is 0 Å². The number of nitrogens with two attached hydrogens (primary N) is 1. The van der Waals surface area contributed by atoms with E-state index in [1.807, 2.05) is 65.9 Å². The zero-order valence-electron chi connectivity index (χ0n) is 18.6. The molecular weight excluding hydrogens is 400 g/mol. The number of fused-ring (bicyclic) bond motifs is 1. The van der Waals surface area contributed by atoms with Gasteiger partial charge in [-0.25, -0.2) is 4.79 Å². The van der Waals surface area contributed by atoms with Gasteiger partial charge in [0.05, 0.1) is 23.9 Å². The van der Waals surface area contributed by atoms with Gasteiger partial charge in [-0.15, -0.1) is 0 Å². The molecule has 3 aromatic rings. The summed E-state index contributed by atoms with van der Waals surface area (Å²) in [5, 5.41) is 1.60. The van der Waals surface area contributed by atoms with Crippen molar-refractivity contribution in [2.45, 2.75) is 46.3 Å². The van der Waals surface area contributed by atoms with Gasteiger partial charge in [0.25, 0.3) is 0 Å². The zero-order valence-corrected chi connectivity index (χ0v) is 19.3. The molecule has 6 heteroatoms. The van der Waals surface area contributed by atoms with Gasteiger partial charge in [-0.2, -0.15) is 0 Å². The molecule has 1 atom stereocenters. The molecule has 2 aromatic carbocycles. The van der Waals surface area contributed by atoms with Crippen molar-refractivity contribution in [2.75, 3.05) is 12.8 Å². The number of anilines is 1. The topological polar surface area (TPSA) is 66.5 Å². The third kappa shape index (κ3) is 3.92. The van der Waals surface area contributed by atoms with E-state index in [-0.39, 0.29) is 0 Å². The predicted molar refractivity (Wildman–Crippen MR) is 123 cm³/mol. The van der Waals surface area contributed by atoms with E-state index >= 15 is 0 Å². The Morgan fingerprint density at radius 2 is 1.77 bits per heavy atom. The van der Waals surface area contributed by atoms with Crippen LogP contribution < -0.4 is 5.73 Å². The molecule has 0 fully saturated rings. The quantitative estimate of drug-likeness (QED) is 0.425. The lowest BCUT2D eigenvalue weighted by atomic mass is 9.88. The van der Waals surface area contributed by atoms with Gasteiger partial charge in [0.1, 0.15) is 0 Å². The fourth-order valence-corrected chi connectivity index (χ4v) is 3.97. The number of nitrogen functional groups attached to an aromatic ring is 1. The van der Waals surface area contributed by atoms with Crippen molar-refractivity contribution in [3.63, 3.8) is 0 Å². The van der Waals surface area contributed by atoms with Crippen LogP contribution in [0.2, 0.25) is 5.02 Å². The van der Waals surface area contributed by atoms with Gasteiger partial charge in [0, 0.05) is 28.7 Å². The number of methoxy groups -OCH3 is 1. The van der Waals surface area contributed by atoms with E-state index < -0.39 is 17.7 Å². The van der Waals surface area contributed by atoms with Crippen LogP contribution in [0, 0.1) is 13.8 Å². The van der Waals surface area contributed by atoms with Crippen molar-refractivity contribution in [3.05, 3.63) is 52.2 Å². The molecule has 0 bridgehead atoms. The monoisotopic (exact) mass is 428 g/mol. The smallest absolute Gasteiger partial charge is 0.339 e. The standard InChI is InChI=1S/C24H29ClN2O3/c1-13-12-17-19(15-8-10-16(25)11-9-15)18(14(2)20(26)21(17)27(13)6)22(23(28)29-7)30-24(3,4)5/h8-12,22H,26H2,1-7H3/t22-/m0/s1. The Morgan fingerprint density at radius 1 is 1.17 bits per heavy atom. The van der Waals surface area contributed by atoms with Gasteiger partial charge in [-0.1, -0.05) is 23.7 Å². The highest BCUT2D eigenvalue weighted by atomic mass is 35.5. The highest BCUT2D eigenvalue weighted by Crippen LogP contribution is 2.44. The van der Waals surface area contributed by atoms with Crippen molar-refractivity contribution in [2.24, 2.45) is 7.05 Å². The number of hydrogen-bond acceptors (Lipinski definition) is 4. The first-order valence-corrected chi connectivity index (χ1v) is 10.2. The maximum absolute atomic E-state index is 12.9. The van der Waals surface area contributed by atoms with Crippen molar-refractivity contribution in [1.82, 2.24) is 4.57 Å². The third-order valence-electron chi connectivity index (χ3n) is 5.36. The Bertz CT molecular complexity index is 1110. The van der Waals surface area contributed by atoms with Crippen LogP contribution in [-0.2, 0) is 21.3 Å². The van der Waals surface area contributed by atoms with Crippen LogP contribution in [0.25, 0.3) is 22.0 Å². The van der Waals surface area contributed by atoms with Crippen LogP contribution in [0.4, 0.5) is 5.69 Å². The number of aromatic nitrogens is 1. The summed E-state index contributed by atoms with van der Waals surface area (Å²) >= 11 is 6.14. The van der Waals surface area contributed by atoms with Crippen molar-refractivity contribution in [3.8, 4) is 11.1 Å². The Kier molecular flexibility index (Phi) is 5.89. The Morgan fingerprint density at radius 3 is 2.30 bits per heavy atom. The number of rotatable bonds is 4. The molecule has 3 rings (SSSR count). The van der Waals surface area contributed by atoms with Crippen molar-refractivity contribution < 1.29 is 14.3 Å². The minimum atomic E-state index is -0.923. The molecule has 0 unspecified atom stereocenters. The average Bonchev–Trinajstić information content (AvgIpc) is 2.97. The number of ether oxygens (including phenoxy) is 2. The SMILES string of the molecule is COC(=O)[C@@H](OC(C)(C)C)c1c(C)c(N)c2c(cc(C)n2C)c1-c1ccc(Cl)cc1. The van der Waals surface area contributed by atoms with E-state index in [0.717, 1.165) is 38.9 Å². The van der Waals surface area contributed by atoms with Gasteiger partial charge in [0.15, 0.2) is 6.10 Å². The summed E-state index contributed by atoms with van der Waals surface area (Å²) in [4.78, 5) is 12.9. The third-order valence-corrected chi connectivity index (χ3v) is 5.61. The van der Waals surface area contributed by atoms with Gasteiger partial charge in [0.2, 0.25) is 0 Å². The largest absolute Gasteiger partial charge is 0.467 e. The van der Waals surface area contributed by atoms with E-state index in [2.05, 4.69) is 10.6 Å². The molecule has 30 heavy (non-hydrogen) atoms. The molecule has 0 aliphatic heterocycles. The molecule has 0 amide bonds. The fraction of sp³-hybridized carbons (Fsp3) is 0.375. The second kappa shape index (κ2) is 7.97. The summed E-state index contributed by atoms with van der Waals surface area (Å²) in [5.41, 5.74) is 12.0. The van der Waals surface area contributed by atoms with Crippen molar-refractivity contribution >= 4 is 34.2 Å². The van der Waals surface area contributed by atoms with Crippen LogP contribution in [-0.4, -0.2) is 23.2 Å². The van der Waals surface area contributed by atoms with Gasteiger partial charge < -0.3 is 19.8 Å². The first kappa shape index (κ1) is 22.2. The molecular formula is C24H29ClN2O3. The number of esters is 1. The number of carbonyl (C=O) groups excluding carboxylic acids is 1. The van der Waals surface area contributed by atoms with Crippen LogP contribution in [0.15, 0.2) is 30.3 Å². The second-order valence-electron chi connectivity index (χ2n) is 8.57. The lowest BCUT2D eigenvalue weighted by Gasteiger charge is -2.29. The number of aryl methyl sites for hydroxylation is 2. The van der Waals surface area contributed by atoms with E-state index in [0.29, 0.717) is 10.7 Å². The highest BCUT2D eigenvalue weighted by molar-refractivity contribution is 6.30. The lowest BCUT2D eigenvalue weighted by molar-refractivity contribution is -0.164.